The molecule has 1 saturated heterocycles. The van der Waals surface area contributed by atoms with Crippen LogP contribution in [0.25, 0.3) is 0 Å². The van der Waals surface area contributed by atoms with E-state index in [-0.39, 0.29) is 6.61 Å². The lowest BCUT2D eigenvalue weighted by Crippen LogP contribution is -2.53. The highest BCUT2D eigenvalue weighted by molar-refractivity contribution is 5.38. The van der Waals surface area contributed by atoms with Crippen molar-refractivity contribution in [3.05, 3.63) is 59.7 Å². The monoisotopic (exact) mass is 384 g/mol. The van der Waals surface area contributed by atoms with Gasteiger partial charge in [0.05, 0.1) is 14.2 Å². The fourth-order valence-corrected chi connectivity index (χ4v) is 3.95. The van der Waals surface area contributed by atoms with Crippen LogP contribution in [0.2, 0.25) is 0 Å². The highest BCUT2D eigenvalue weighted by atomic mass is 16.5. The zero-order valence-electron chi connectivity index (χ0n) is 17.0. The zero-order chi connectivity index (χ0) is 19.8. The highest BCUT2D eigenvalue weighted by Gasteiger charge is 2.26. The standard InChI is InChI=1S/C23H32N2O3/c1-27-22-14-20(15-23(16-22)28-2)17-24-11-12-25(21(18-24)9-13-26)10-8-19-6-4-3-5-7-19/h3-7,14-16,21,26H,8-13,17-18H2,1-2H3/t21-/m0/s1. The van der Waals surface area contributed by atoms with Gasteiger partial charge in [-0.1, -0.05) is 30.3 Å². The van der Waals surface area contributed by atoms with E-state index in [1.54, 1.807) is 14.2 Å². The van der Waals surface area contributed by atoms with E-state index in [9.17, 15) is 5.11 Å². The molecule has 1 aliphatic rings. The van der Waals surface area contributed by atoms with Crippen molar-refractivity contribution in [3.63, 3.8) is 0 Å². The second-order valence-corrected chi connectivity index (χ2v) is 7.39. The van der Waals surface area contributed by atoms with Crippen LogP contribution in [0.5, 0.6) is 11.5 Å². The number of aliphatic hydroxyl groups is 1. The average molecular weight is 385 g/mol. The molecule has 152 valence electrons. The van der Waals surface area contributed by atoms with Crippen molar-refractivity contribution in [1.82, 2.24) is 9.80 Å². The van der Waals surface area contributed by atoms with Gasteiger partial charge in [-0.25, -0.2) is 0 Å². The molecule has 1 atom stereocenters. The Balaban J connectivity index is 1.60. The number of piperazine rings is 1. The maximum atomic E-state index is 9.56. The molecule has 0 radical (unpaired) electrons. The van der Waals surface area contributed by atoms with Gasteiger partial charge in [-0.3, -0.25) is 9.80 Å². The summed E-state index contributed by atoms with van der Waals surface area (Å²) in [6.07, 6.45) is 1.86. The molecule has 1 heterocycles. The van der Waals surface area contributed by atoms with Gasteiger partial charge in [0.25, 0.3) is 0 Å². The zero-order valence-corrected chi connectivity index (χ0v) is 17.0. The molecule has 28 heavy (non-hydrogen) atoms. The summed E-state index contributed by atoms with van der Waals surface area (Å²) in [5.74, 6) is 1.64. The third-order valence-corrected chi connectivity index (χ3v) is 5.50. The van der Waals surface area contributed by atoms with Crippen LogP contribution < -0.4 is 9.47 Å². The summed E-state index contributed by atoms with van der Waals surface area (Å²) in [5, 5.41) is 9.56. The van der Waals surface area contributed by atoms with Crippen LogP contribution in [0.3, 0.4) is 0 Å². The number of methoxy groups -OCH3 is 2. The summed E-state index contributed by atoms with van der Waals surface area (Å²) >= 11 is 0. The maximum Gasteiger partial charge on any atom is 0.122 e. The molecule has 1 fully saturated rings. The number of benzene rings is 2. The second-order valence-electron chi connectivity index (χ2n) is 7.39. The van der Waals surface area contributed by atoms with Crippen molar-refractivity contribution in [1.29, 1.82) is 0 Å². The molecule has 5 heteroatoms. The minimum absolute atomic E-state index is 0.229. The van der Waals surface area contributed by atoms with Gasteiger partial charge in [-0.05, 0) is 36.1 Å². The predicted molar refractivity (Wildman–Crippen MR) is 112 cm³/mol. The molecule has 0 aromatic heterocycles. The van der Waals surface area contributed by atoms with Crippen molar-refractivity contribution < 1.29 is 14.6 Å². The van der Waals surface area contributed by atoms with Crippen molar-refractivity contribution >= 4 is 0 Å². The second kappa shape index (κ2) is 10.5. The van der Waals surface area contributed by atoms with E-state index in [2.05, 4.69) is 52.3 Å². The normalized spacial score (nSPS) is 18.2. The SMILES string of the molecule is COc1cc(CN2CCN(CCc3ccccc3)[C@@H](CCO)C2)cc(OC)c1. The van der Waals surface area contributed by atoms with Crippen LogP contribution >= 0.6 is 0 Å². The number of hydrogen-bond donors (Lipinski definition) is 1. The average Bonchev–Trinajstić information content (AvgIpc) is 2.74. The fourth-order valence-electron chi connectivity index (χ4n) is 3.95. The number of rotatable bonds is 9. The minimum Gasteiger partial charge on any atom is -0.497 e. The van der Waals surface area contributed by atoms with Gasteiger partial charge in [0, 0.05) is 51.4 Å². The summed E-state index contributed by atoms with van der Waals surface area (Å²) < 4.78 is 10.8. The summed E-state index contributed by atoms with van der Waals surface area (Å²) in [4.78, 5) is 5.00. The number of ether oxygens (including phenoxy) is 2. The topological polar surface area (TPSA) is 45.2 Å². The molecule has 0 aliphatic carbocycles. The first-order valence-corrected chi connectivity index (χ1v) is 10.0. The maximum absolute atomic E-state index is 9.56. The summed E-state index contributed by atoms with van der Waals surface area (Å²) in [6.45, 7) is 5.15. The van der Waals surface area contributed by atoms with Crippen LogP contribution in [0.15, 0.2) is 48.5 Å². The van der Waals surface area contributed by atoms with Crippen molar-refractivity contribution in [3.8, 4) is 11.5 Å². The Bertz CT molecular complexity index is 701. The van der Waals surface area contributed by atoms with Crippen LogP contribution in [0.4, 0.5) is 0 Å². The molecule has 0 amide bonds. The molecule has 0 saturated carbocycles. The minimum atomic E-state index is 0.229. The van der Waals surface area contributed by atoms with Crippen LogP contribution in [-0.4, -0.2) is 68.0 Å². The Morgan fingerprint density at radius 3 is 2.32 bits per heavy atom. The van der Waals surface area contributed by atoms with Crippen molar-refractivity contribution in [2.75, 3.05) is 47.0 Å². The van der Waals surface area contributed by atoms with E-state index in [1.807, 2.05) is 6.07 Å². The van der Waals surface area contributed by atoms with Crippen molar-refractivity contribution in [2.45, 2.75) is 25.4 Å². The third kappa shape index (κ3) is 5.71. The molecule has 0 bridgehead atoms. The van der Waals surface area contributed by atoms with Crippen LogP contribution in [0.1, 0.15) is 17.5 Å². The Kier molecular flexibility index (Phi) is 7.71. The van der Waals surface area contributed by atoms with Gasteiger partial charge in [0.1, 0.15) is 11.5 Å². The lowest BCUT2D eigenvalue weighted by molar-refractivity contribution is 0.0561. The lowest BCUT2D eigenvalue weighted by atomic mass is 10.1. The van der Waals surface area contributed by atoms with Gasteiger partial charge >= 0.3 is 0 Å². The first-order valence-electron chi connectivity index (χ1n) is 10.0. The molecule has 2 aromatic carbocycles. The first-order chi connectivity index (χ1) is 13.7. The third-order valence-electron chi connectivity index (χ3n) is 5.50. The smallest absolute Gasteiger partial charge is 0.122 e. The molecule has 0 unspecified atom stereocenters. The van der Waals surface area contributed by atoms with Gasteiger partial charge in [0.15, 0.2) is 0 Å². The molecule has 1 N–H and O–H groups in total. The summed E-state index contributed by atoms with van der Waals surface area (Å²) in [6, 6.07) is 17.1. The Hall–Kier alpha value is -2.08. The first kappa shape index (κ1) is 20.6. The van der Waals surface area contributed by atoms with Gasteiger partial charge < -0.3 is 14.6 Å². The molecular formula is C23H32N2O3. The van der Waals surface area contributed by atoms with Gasteiger partial charge in [-0.15, -0.1) is 0 Å². The van der Waals surface area contributed by atoms with Gasteiger partial charge in [0.2, 0.25) is 0 Å². The van der Waals surface area contributed by atoms with E-state index in [0.29, 0.717) is 6.04 Å². The Morgan fingerprint density at radius 2 is 1.68 bits per heavy atom. The van der Waals surface area contributed by atoms with E-state index in [4.69, 9.17) is 9.47 Å². The molecular weight excluding hydrogens is 352 g/mol. The lowest BCUT2D eigenvalue weighted by Gasteiger charge is -2.41. The van der Waals surface area contributed by atoms with E-state index < -0.39 is 0 Å². The predicted octanol–water partition coefficient (Wildman–Crippen LogP) is 2.82. The van der Waals surface area contributed by atoms with Crippen LogP contribution in [-0.2, 0) is 13.0 Å². The molecule has 0 spiro atoms. The summed E-state index contributed by atoms with van der Waals surface area (Å²) in [7, 11) is 3.36. The Morgan fingerprint density at radius 1 is 0.964 bits per heavy atom. The van der Waals surface area contributed by atoms with E-state index >= 15 is 0 Å². The molecule has 1 aliphatic heterocycles. The molecule has 2 aromatic rings. The number of aliphatic hydroxyl groups excluding tert-OH is 1. The number of nitrogens with zero attached hydrogens (tertiary/aromatic N) is 2. The van der Waals surface area contributed by atoms with E-state index in [1.165, 1.54) is 11.1 Å². The van der Waals surface area contributed by atoms with Gasteiger partial charge in [-0.2, -0.15) is 0 Å². The number of hydrogen-bond acceptors (Lipinski definition) is 5. The summed E-state index contributed by atoms with van der Waals surface area (Å²) in [5.41, 5.74) is 2.56. The fraction of sp³-hybridized carbons (Fsp3) is 0.478. The van der Waals surface area contributed by atoms with Crippen LogP contribution in [0, 0.1) is 0 Å². The quantitative estimate of drug-likeness (QED) is 0.720. The van der Waals surface area contributed by atoms with Crippen molar-refractivity contribution in [2.24, 2.45) is 0 Å². The Labute approximate surface area is 168 Å². The largest absolute Gasteiger partial charge is 0.497 e. The molecule has 3 rings (SSSR count). The molecule has 5 nitrogen and oxygen atoms in total. The highest BCUT2D eigenvalue weighted by Crippen LogP contribution is 2.24. The van der Waals surface area contributed by atoms with E-state index in [0.717, 1.165) is 57.1 Å².